The van der Waals surface area contributed by atoms with E-state index in [-0.39, 0.29) is 22.4 Å². The van der Waals surface area contributed by atoms with E-state index >= 15 is 0 Å². The van der Waals surface area contributed by atoms with Gasteiger partial charge in [-0.25, -0.2) is 17.9 Å². The molecule has 35 heavy (non-hydrogen) atoms. The third-order valence-electron chi connectivity index (χ3n) is 4.82. The lowest BCUT2D eigenvalue weighted by atomic mass is 9.96. The van der Waals surface area contributed by atoms with Crippen molar-refractivity contribution in [2.45, 2.75) is 30.8 Å². The number of aliphatic carboxylic acids is 1. The molecule has 0 atom stereocenters. The molecule has 0 aliphatic carbocycles. The Bertz CT molecular complexity index is 1170. The summed E-state index contributed by atoms with van der Waals surface area (Å²) >= 11 is 5.83. The van der Waals surface area contributed by atoms with E-state index in [9.17, 15) is 31.2 Å². The summed E-state index contributed by atoms with van der Waals surface area (Å²) < 4.78 is 63.3. The zero-order chi connectivity index (χ0) is 26.6. The number of carboxylic acid groups (broad SMARTS) is 1. The molecule has 4 N–H and O–H groups in total. The Kier molecular flexibility index (Phi) is 8.73. The van der Waals surface area contributed by atoms with E-state index in [2.05, 4.69) is 5.16 Å². The van der Waals surface area contributed by atoms with Crippen molar-refractivity contribution in [2.24, 2.45) is 5.92 Å². The largest absolute Gasteiger partial charge is 0.490 e. The number of rotatable bonds is 4. The first-order valence-corrected chi connectivity index (χ1v) is 11.6. The smallest absolute Gasteiger partial charge is 0.475 e. The normalized spacial score (nSPS) is 14.6. The molecule has 1 aliphatic rings. The Morgan fingerprint density at radius 2 is 1.71 bits per heavy atom. The number of aryl methyl sites for hydroxylation is 1. The third-order valence-corrected chi connectivity index (χ3v) is 6.58. The first-order chi connectivity index (χ1) is 16.1. The van der Waals surface area contributed by atoms with E-state index < -0.39 is 34.0 Å². The van der Waals surface area contributed by atoms with Crippen molar-refractivity contribution < 1.29 is 45.6 Å². The number of nitrogens with two attached hydrogens (primary N) is 1. The van der Waals surface area contributed by atoms with Gasteiger partial charge in [0.1, 0.15) is 0 Å². The fourth-order valence-corrected chi connectivity index (χ4v) is 4.48. The number of likely N-dealkylation sites (tertiary alicyclic amines) is 1. The van der Waals surface area contributed by atoms with Crippen molar-refractivity contribution in [3.63, 3.8) is 0 Å². The molecule has 0 saturated carbocycles. The number of nitrogens with zero attached hydrogens (tertiary/aromatic N) is 2. The predicted molar refractivity (Wildman–Crippen MR) is 115 cm³/mol. The molecule has 2 aromatic rings. The minimum atomic E-state index is -5.08. The van der Waals surface area contributed by atoms with Crippen LogP contribution in [0.5, 0.6) is 0 Å². The Hall–Kier alpha value is -3.33. The number of piperidine rings is 1. The van der Waals surface area contributed by atoms with Gasteiger partial charge in [0, 0.05) is 29.6 Å². The second-order valence-corrected chi connectivity index (χ2v) is 9.35. The molecule has 0 spiro atoms. The fraction of sp³-hybridized carbons (Fsp3) is 0.368. The van der Waals surface area contributed by atoms with Crippen molar-refractivity contribution >= 4 is 45.2 Å². The maximum Gasteiger partial charge on any atom is 0.490 e. The van der Waals surface area contributed by atoms with Gasteiger partial charge in [-0.3, -0.25) is 9.59 Å². The topological polar surface area (TPSA) is 173 Å². The summed E-state index contributed by atoms with van der Waals surface area (Å²) in [5.41, 5.74) is 6.02. The number of amides is 2. The van der Waals surface area contributed by atoms with Crippen LogP contribution in [-0.4, -0.2) is 60.6 Å². The molecular formula is C19H20ClF3N4O7S. The van der Waals surface area contributed by atoms with Gasteiger partial charge in [-0.15, -0.1) is 0 Å². The van der Waals surface area contributed by atoms with Crippen LogP contribution in [-0.2, 0) is 19.6 Å². The summed E-state index contributed by atoms with van der Waals surface area (Å²) in [5, 5.41) is 11.0. The van der Waals surface area contributed by atoms with Crippen molar-refractivity contribution in [1.82, 2.24) is 14.8 Å². The molecule has 0 bridgehead atoms. The van der Waals surface area contributed by atoms with Crippen LogP contribution in [0.15, 0.2) is 33.7 Å². The Morgan fingerprint density at radius 1 is 1.20 bits per heavy atom. The van der Waals surface area contributed by atoms with Gasteiger partial charge in [0.05, 0.1) is 0 Å². The molecule has 1 aromatic carbocycles. The van der Waals surface area contributed by atoms with Crippen LogP contribution < -0.4 is 10.5 Å². The molecule has 1 aliphatic heterocycles. The summed E-state index contributed by atoms with van der Waals surface area (Å²) in [6.45, 7) is 2.07. The number of carbonyl (C=O) groups is 3. The number of benzene rings is 1. The maximum atomic E-state index is 12.5. The van der Waals surface area contributed by atoms with Crippen molar-refractivity contribution in [3.8, 4) is 0 Å². The summed E-state index contributed by atoms with van der Waals surface area (Å²) in [4.78, 5) is 35.1. The number of carboxylic acids is 1. The summed E-state index contributed by atoms with van der Waals surface area (Å²) in [6.07, 6.45) is -4.39. The summed E-state index contributed by atoms with van der Waals surface area (Å²) in [6, 6.07) is 6.56. The van der Waals surface area contributed by atoms with Crippen molar-refractivity contribution in [3.05, 3.63) is 40.6 Å². The molecule has 2 heterocycles. The monoisotopic (exact) mass is 540 g/mol. The van der Waals surface area contributed by atoms with Gasteiger partial charge in [0.2, 0.25) is 5.91 Å². The van der Waals surface area contributed by atoms with Gasteiger partial charge < -0.3 is 20.3 Å². The summed E-state index contributed by atoms with van der Waals surface area (Å²) in [7, 11) is -4.18. The van der Waals surface area contributed by atoms with Crippen molar-refractivity contribution in [2.75, 3.05) is 18.8 Å². The average Bonchev–Trinajstić information content (AvgIpc) is 3.12. The lowest BCUT2D eigenvalue weighted by Gasteiger charge is -2.31. The van der Waals surface area contributed by atoms with E-state index in [0.717, 1.165) is 0 Å². The second kappa shape index (κ2) is 10.9. The van der Waals surface area contributed by atoms with Crippen LogP contribution in [0.1, 0.15) is 29.0 Å². The van der Waals surface area contributed by atoms with Crippen LogP contribution in [0, 0.1) is 12.8 Å². The highest BCUT2D eigenvalue weighted by Crippen LogP contribution is 2.24. The molecule has 0 radical (unpaired) electrons. The Morgan fingerprint density at radius 3 is 2.14 bits per heavy atom. The molecule has 1 fully saturated rings. The standard InChI is InChI=1S/C17H19ClN4O5S.C2HF3O2/c1-10-14(15(19)20-27-10)28(25,26)21-16(23)11-6-8-22(9-7-11)17(24)12-2-4-13(18)5-3-12;3-2(4,5)1(6)7/h2-5,11H,6-9H2,1H3,(H2,19,20)(H,21,23);(H,6,7). The minimum absolute atomic E-state index is 0.00109. The minimum Gasteiger partial charge on any atom is -0.475 e. The van der Waals surface area contributed by atoms with Crippen LogP contribution >= 0.6 is 11.6 Å². The maximum absolute atomic E-state index is 12.5. The molecule has 0 unspecified atom stereocenters. The molecule has 1 saturated heterocycles. The highest BCUT2D eigenvalue weighted by atomic mass is 35.5. The van der Waals surface area contributed by atoms with E-state index in [1.54, 1.807) is 29.2 Å². The number of sulfonamides is 1. The fourth-order valence-electron chi connectivity index (χ4n) is 3.09. The van der Waals surface area contributed by atoms with E-state index in [1.807, 2.05) is 4.72 Å². The Balaban J connectivity index is 0.000000540. The molecular weight excluding hydrogens is 521 g/mol. The zero-order valence-electron chi connectivity index (χ0n) is 18.0. The number of anilines is 1. The first-order valence-electron chi connectivity index (χ1n) is 9.77. The predicted octanol–water partition coefficient (Wildman–Crippen LogP) is 2.21. The summed E-state index contributed by atoms with van der Waals surface area (Å²) in [5.74, 6) is -4.39. The van der Waals surface area contributed by atoms with Crippen LogP contribution in [0.3, 0.4) is 0 Å². The van der Waals surface area contributed by atoms with Crippen LogP contribution in [0.4, 0.5) is 19.0 Å². The molecule has 3 rings (SSSR count). The quantitative estimate of drug-likeness (QED) is 0.525. The average molecular weight is 541 g/mol. The van der Waals surface area contributed by atoms with Gasteiger partial charge in [-0.1, -0.05) is 16.8 Å². The number of hydrogen-bond acceptors (Lipinski definition) is 8. The third kappa shape index (κ3) is 7.32. The Labute approximate surface area is 202 Å². The number of nitrogens with one attached hydrogen (secondary N) is 1. The highest BCUT2D eigenvalue weighted by molar-refractivity contribution is 7.90. The van der Waals surface area contributed by atoms with Crippen LogP contribution in [0.2, 0.25) is 5.02 Å². The molecule has 192 valence electrons. The van der Waals surface area contributed by atoms with Crippen LogP contribution in [0.25, 0.3) is 0 Å². The second-order valence-electron chi connectivity index (χ2n) is 7.30. The number of nitrogen functional groups attached to an aromatic ring is 1. The van der Waals surface area contributed by atoms with Gasteiger partial charge in [-0.05, 0) is 44.0 Å². The van der Waals surface area contributed by atoms with Gasteiger partial charge in [0.15, 0.2) is 16.5 Å². The number of halogens is 4. The first kappa shape index (κ1) is 27.9. The molecule has 11 nitrogen and oxygen atoms in total. The molecule has 2 amide bonds. The highest BCUT2D eigenvalue weighted by Gasteiger charge is 2.38. The van der Waals surface area contributed by atoms with E-state index in [4.69, 9.17) is 31.8 Å². The lowest BCUT2D eigenvalue weighted by molar-refractivity contribution is -0.192. The SMILES string of the molecule is Cc1onc(N)c1S(=O)(=O)NC(=O)C1CCN(C(=O)c2ccc(Cl)cc2)CC1.O=C(O)C(F)(F)F. The molecule has 1 aromatic heterocycles. The van der Waals surface area contributed by atoms with Gasteiger partial charge in [0.25, 0.3) is 15.9 Å². The lowest BCUT2D eigenvalue weighted by Crippen LogP contribution is -2.44. The number of carbonyl (C=O) groups excluding carboxylic acids is 2. The van der Waals surface area contributed by atoms with E-state index in [0.29, 0.717) is 36.5 Å². The number of aromatic nitrogens is 1. The molecule has 16 heteroatoms. The van der Waals surface area contributed by atoms with Crippen molar-refractivity contribution in [1.29, 1.82) is 0 Å². The zero-order valence-corrected chi connectivity index (χ0v) is 19.6. The van der Waals surface area contributed by atoms with Gasteiger partial charge >= 0.3 is 12.1 Å². The number of hydrogen-bond donors (Lipinski definition) is 3. The van der Waals surface area contributed by atoms with Gasteiger partial charge in [-0.2, -0.15) is 13.2 Å². The number of alkyl halides is 3. The van der Waals surface area contributed by atoms with E-state index in [1.165, 1.54) is 6.92 Å².